The van der Waals surface area contributed by atoms with Gasteiger partial charge in [0.1, 0.15) is 11.4 Å². The number of ether oxygens (including phenoxy) is 1. The summed E-state index contributed by atoms with van der Waals surface area (Å²) >= 11 is 0. The van der Waals surface area contributed by atoms with Crippen LogP contribution in [0.25, 0.3) is 0 Å². The average Bonchev–Trinajstić information content (AvgIpc) is 2.90. The van der Waals surface area contributed by atoms with Gasteiger partial charge in [0.05, 0.1) is 0 Å². The van der Waals surface area contributed by atoms with Crippen LogP contribution < -0.4 is 4.74 Å². The number of benzene rings is 1. The van der Waals surface area contributed by atoms with Crippen molar-refractivity contribution in [3.05, 3.63) is 42.0 Å². The first-order chi connectivity index (χ1) is 9.85. The van der Waals surface area contributed by atoms with E-state index in [-0.39, 0.29) is 5.60 Å². The Morgan fingerprint density at radius 3 is 2.29 bits per heavy atom. The minimum absolute atomic E-state index is 0.140. The summed E-state index contributed by atoms with van der Waals surface area (Å²) in [6, 6.07) is 8.54. The quantitative estimate of drug-likeness (QED) is 0.594. The zero-order chi connectivity index (χ0) is 15.5. The van der Waals surface area contributed by atoms with Crippen molar-refractivity contribution in [3.63, 3.8) is 0 Å². The summed E-state index contributed by atoms with van der Waals surface area (Å²) in [5.41, 5.74) is 2.59. The Balaban J connectivity index is 1.95. The molecule has 1 saturated carbocycles. The highest BCUT2D eigenvalue weighted by molar-refractivity contribution is 5.33. The molecule has 0 aliphatic heterocycles. The summed E-state index contributed by atoms with van der Waals surface area (Å²) in [4.78, 5) is 0. The van der Waals surface area contributed by atoms with Crippen molar-refractivity contribution in [1.29, 1.82) is 0 Å². The number of hydrogen-bond donors (Lipinski definition) is 0. The normalized spacial score (nSPS) is 17.7. The molecule has 1 aromatic carbocycles. The summed E-state index contributed by atoms with van der Waals surface area (Å²) in [6.45, 7) is 12.8. The Labute approximate surface area is 130 Å². The van der Waals surface area contributed by atoms with Crippen LogP contribution >= 0.6 is 0 Å². The van der Waals surface area contributed by atoms with E-state index < -0.39 is 0 Å². The van der Waals surface area contributed by atoms with Gasteiger partial charge in [-0.1, -0.05) is 56.9 Å². The van der Waals surface area contributed by atoms with E-state index >= 15 is 0 Å². The molecule has 1 fully saturated rings. The molecule has 0 heterocycles. The molecule has 1 nitrogen and oxygen atoms in total. The van der Waals surface area contributed by atoms with Crippen LogP contribution in [0.1, 0.15) is 71.3 Å². The van der Waals surface area contributed by atoms with Crippen molar-refractivity contribution in [2.75, 3.05) is 0 Å². The lowest BCUT2D eigenvalue weighted by atomic mass is 9.87. The van der Waals surface area contributed by atoms with Gasteiger partial charge in [-0.2, -0.15) is 0 Å². The Bertz CT molecular complexity index is 458. The Kier molecular flexibility index (Phi) is 5.13. The van der Waals surface area contributed by atoms with Gasteiger partial charge in [-0.05, 0) is 50.8 Å². The first kappa shape index (κ1) is 16.1. The second-order valence-corrected chi connectivity index (χ2v) is 7.52. The molecule has 1 aliphatic carbocycles. The summed E-state index contributed by atoms with van der Waals surface area (Å²) in [6.07, 6.45) is 6.80. The van der Waals surface area contributed by atoms with Crippen LogP contribution in [0.2, 0.25) is 0 Å². The molecule has 116 valence electrons. The van der Waals surface area contributed by atoms with Gasteiger partial charge in [0.25, 0.3) is 0 Å². The molecule has 0 radical (unpaired) electrons. The van der Waals surface area contributed by atoms with Crippen LogP contribution in [0.15, 0.2) is 36.4 Å². The van der Waals surface area contributed by atoms with Gasteiger partial charge < -0.3 is 4.74 Å². The molecule has 2 rings (SSSR count). The Hall–Kier alpha value is -1.24. The minimum Gasteiger partial charge on any atom is -0.488 e. The highest BCUT2D eigenvalue weighted by Gasteiger charge is 2.19. The van der Waals surface area contributed by atoms with E-state index in [0.29, 0.717) is 5.92 Å². The maximum absolute atomic E-state index is 5.88. The lowest BCUT2D eigenvalue weighted by Gasteiger charge is -2.22. The van der Waals surface area contributed by atoms with Gasteiger partial charge in [0.15, 0.2) is 0 Å². The third-order valence-electron chi connectivity index (χ3n) is 4.44. The highest BCUT2D eigenvalue weighted by atomic mass is 16.5. The summed E-state index contributed by atoms with van der Waals surface area (Å²) in [5, 5.41) is 0. The number of rotatable bonds is 5. The van der Waals surface area contributed by atoms with Crippen molar-refractivity contribution in [1.82, 2.24) is 0 Å². The molecule has 0 saturated heterocycles. The standard InChI is InChI=1S/C20H30O/c1-15(14-17-8-6-7-9-17)16(2)18-10-12-19(13-11-18)21-20(3,4)5/h10-13,16-17H,1,6-9,14H2,2-5H3. The monoisotopic (exact) mass is 286 g/mol. The first-order valence-electron chi connectivity index (χ1n) is 8.32. The average molecular weight is 286 g/mol. The van der Waals surface area contributed by atoms with Gasteiger partial charge in [-0.15, -0.1) is 0 Å². The van der Waals surface area contributed by atoms with E-state index in [1.54, 1.807) is 0 Å². The zero-order valence-electron chi connectivity index (χ0n) is 14.1. The van der Waals surface area contributed by atoms with Gasteiger partial charge in [0, 0.05) is 5.92 Å². The molecular formula is C20H30O. The lowest BCUT2D eigenvalue weighted by Crippen LogP contribution is -2.22. The van der Waals surface area contributed by atoms with E-state index in [1.807, 2.05) is 0 Å². The summed E-state index contributed by atoms with van der Waals surface area (Å²) < 4.78 is 5.88. The maximum Gasteiger partial charge on any atom is 0.120 e. The molecule has 0 aromatic heterocycles. The molecule has 1 unspecified atom stereocenters. The van der Waals surface area contributed by atoms with E-state index in [1.165, 1.54) is 43.2 Å². The van der Waals surface area contributed by atoms with Crippen molar-refractivity contribution in [2.45, 2.75) is 71.3 Å². The number of hydrogen-bond acceptors (Lipinski definition) is 1. The van der Waals surface area contributed by atoms with Gasteiger partial charge in [-0.25, -0.2) is 0 Å². The molecule has 1 atom stereocenters. The second kappa shape index (κ2) is 6.68. The molecule has 1 aliphatic rings. The van der Waals surface area contributed by atoms with Crippen LogP contribution in [0.3, 0.4) is 0 Å². The van der Waals surface area contributed by atoms with Gasteiger partial charge in [0.2, 0.25) is 0 Å². The third-order valence-corrected chi connectivity index (χ3v) is 4.44. The van der Waals surface area contributed by atoms with Crippen LogP contribution in [0.5, 0.6) is 5.75 Å². The van der Waals surface area contributed by atoms with Crippen LogP contribution in [0, 0.1) is 5.92 Å². The van der Waals surface area contributed by atoms with E-state index in [2.05, 4.69) is 58.5 Å². The topological polar surface area (TPSA) is 9.23 Å². The minimum atomic E-state index is -0.140. The smallest absolute Gasteiger partial charge is 0.120 e. The fourth-order valence-corrected chi connectivity index (χ4v) is 3.18. The van der Waals surface area contributed by atoms with Crippen LogP contribution in [-0.2, 0) is 0 Å². The fourth-order valence-electron chi connectivity index (χ4n) is 3.18. The first-order valence-corrected chi connectivity index (χ1v) is 8.32. The van der Waals surface area contributed by atoms with Crippen LogP contribution in [0.4, 0.5) is 0 Å². The Morgan fingerprint density at radius 2 is 1.76 bits per heavy atom. The van der Waals surface area contributed by atoms with E-state index in [9.17, 15) is 0 Å². The van der Waals surface area contributed by atoms with E-state index in [4.69, 9.17) is 4.74 Å². The molecule has 0 bridgehead atoms. The van der Waals surface area contributed by atoms with E-state index in [0.717, 1.165) is 11.7 Å². The molecule has 21 heavy (non-hydrogen) atoms. The predicted octanol–water partition coefficient (Wildman–Crippen LogP) is 6.10. The Morgan fingerprint density at radius 1 is 1.19 bits per heavy atom. The highest BCUT2D eigenvalue weighted by Crippen LogP contribution is 2.35. The van der Waals surface area contributed by atoms with Crippen molar-refractivity contribution in [2.24, 2.45) is 5.92 Å². The largest absolute Gasteiger partial charge is 0.488 e. The SMILES string of the molecule is C=C(CC1CCCC1)C(C)c1ccc(OC(C)(C)C)cc1. The second-order valence-electron chi connectivity index (χ2n) is 7.52. The van der Waals surface area contributed by atoms with Crippen molar-refractivity contribution < 1.29 is 4.74 Å². The van der Waals surface area contributed by atoms with Gasteiger partial charge >= 0.3 is 0 Å². The van der Waals surface area contributed by atoms with Crippen molar-refractivity contribution in [3.8, 4) is 5.75 Å². The van der Waals surface area contributed by atoms with Gasteiger partial charge in [-0.3, -0.25) is 0 Å². The molecule has 1 aromatic rings. The maximum atomic E-state index is 5.88. The summed E-state index contributed by atoms with van der Waals surface area (Å²) in [5.74, 6) is 2.26. The molecule has 0 amide bonds. The van der Waals surface area contributed by atoms with Crippen LogP contribution in [-0.4, -0.2) is 5.60 Å². The summed E-state index contributed by atoms with van der Waals surface area (Å²) in [7, 11) is 0. The fraction of sp³-hybridized carbons (Fsp3) is 0.600. The third kappa shape index (κ3) is 4.91. The number of allylic oxidation sites excluding steroid dienone is 1. The molecule has 0 N–H and O–H groups in total. The predicted molar refractivity (Wildman–Crippen MR) is 91.0 cm³/mol. The molecule has 0 spiro atoms. The lowest BCUT2D eigenvalue weighted by molar-refractivity contribution is 0.131. The molecular weight excluding hydrogens is 256 g/mol. The van der Waals surface area contributed by atoms with Crippen molar-refractivity contribution >= 4 is 0 Å². The zero-order valence-corrected chi connectivity index (χ0v) is 14.1. The molecule has 1 heteroatoms.